The van der Waals surface area contributed by atoms with Gasteiger partial charge in [0.2, 0.25) is 0 Å². The van der Waals surface area contributed by atoms with Crippen molar-refractivity contribution in [3.05, 3.63) is 58.7 Å². The van der Waals surface area contributed by atoms with Gasteiger partial charge in [0.05, 0.1) is 0 Å². The van der Waals surface area contributed by atoms with Crippen LogP contribution >= 0.6 is 0 Å². The van der Waals surface area contributed by atoms with Crippen LogP contribution in [0.1, 0.15) is 60.3 Å². The summed E-state index contributed by atoms with van der Waals surface area (Å²) in [7, 11) is 0. The molecule has 0 aromatic carbocycles. The Kier molecular flexibility index (Phi) is 7.82. The molecule has 136 valence electrons. The van der Waals surface area contributed by atoms with Crippen LogP contribution in [0.2, 0.25) is 0 Å². The lowest BCUT2D eigenvalue weighted by Crippen LogP contribution is -2.19. The molecule has 25 heavy (non-hydrogen) atoms. The predicted molar refractivity (Wildman–Crippen MR) is 103 cm³/mol. The number of allylic oxidation sites excluding steroid dienone is 10. The van der Waals surface area contributed by atoms with E-state index in [1.54, 1.807) is 6.92 Å². The summed E-state index contributed by atoms with van der Waals surface area (Å²) in [6.07, 6.45) is 14.6. The molecule has 0 aromatic heterocycles. The molecule has 0 aromatic rings. The van der Waals surface area contributed by atoms with Gasteiger partial charge in [-0.05, 0) is 62.7 Å². The van der Waals surface area contributed by atoms with Crippen molar-refractivity contribution in [1.82, 2.24) is 0 Å². The zero-order valence-corrected chi connectivity index (χ0v) is 16.1. The Morgan fingerprint density at radius 1 is 1.16 bits per heavy atom. The Hall–Kier alpha value is -2.16. The van der Waals surface area contributed by atoms with Crippen LogP contribution in [0, 0.1) is 5.41 Å². The summed E-state index contributed by atoms with van der Waals surface area (Å²) in [5, 5.41) is 8.58. The highest BCUT2D eigenvalue weighted by atomic mass is 16.4. The summed E-state index contributed by atoms with van der Waals surface area (Å²) >= 11 is 0. The van der Waals surface area contributed by atoms with Gasteiger partial charge >= 0.3 is 5.97 Å². The van der Waals surface area contributed by atoms with E-state index in [2.05, 4.69) is 32.9 Å². The lowest BCUT2D eigenvalue weighted by Gasteiger charge is -2.32. The van der Waals surface area contributed by atoms with Crippen molar-refractivity contribution < 1.29 is 14.7 Å². The number of aliphatic carboxylic acids is 1. The average molecular weight is 342 g/mol. The van der Waals surface area contributed by atoms with E-state index < -0.39 is 18.2 Å². The number of hydrogen-bond acceptors (Lipinski definition) is 2. The van der Waals surface area contributed by atoms with Crippen molar-refractivity contribution in [2.75, 3.05) is 0 Å². The number of rotatable bonds is 7. The molecule has 1 aliphatic carbocycles. The Balaban J connectivity index is 2.74. The second-order valence-corrected chi connectivity index (χ2v) is 7.46. The third-order valence-corrected chi connectivity index (χ3v) is 4.49. The highest BCUT2D eigenvalue weighted by molar-refractivity contribution is 6.01. The van der Waals surface area contributed by atoms with Gasteiger partial charge in [-0.3, -0.25) is 9.59 Å². The number of carbonyl (C=O) groups excluding carboxylic acids is 1. The lowest BCUT2D eigenvalue weighted by atomic mass is 9.72. The SMILES string of the molecule is CC1=C(/C=C/C(C)=C/C=C\C(C)=C\C(=O)CC(=O)O)C(C)(C)CCC1. The van der Waals surface area contributed by atoms with Gasteiger partial charge in [0.15, 0.2) is 5.78 Å². The quantitative estimate of drug-likeness (QED) is 0.374. The summed E-state index contributed by atoms with van der Waals surface area (Å²) in [4.78, 5) is 21.9. The molecule has 0 radical (unpaired) electrons. The molecule has 0 atom stereocenters. The molecule has 0 saturated carbocycles. The molecular weight excluding hydrogens is 312 g/mol. The van der Waals surface area contributed by atoms with Crippen LogP contribution in [0.5, 0.6) is 0 Å². The van der Waals surface area contributed by atoms with Crippen molar-refractivity contribution in [3.63, 3.8) is 0 Å². The molecule has 0 heterocycles. The summed E-state index contributed by atoms with van der Waals surface area (Å²) in [6.45, 7) is 10.7. The average Bonchev–Trinajstić information content (AvgIpc) is 2.44. The van der Waals surface area contributed by atoms with E-state index in [1.807, 2.05) is 25.2 Å². The fourth-order valence-corrected chi connectivity index (χ4v) is 3.13. The molecule has 0 saturated heterocycles. The first-order valence-electron chi connectivity index (χ1n) is 8.78. The van der Waals surface area contributed by atoms with Crippen LogP contribution < -0.4 is 0 Å². The van der Waals surface area contributed by atoms with Gasteiger partial charge in [-0.15, -0.1) is 0 Å². The number of hydrogen-bond donors (Lipinski definition) is 1. The van der Waals surface area contributed by atoms with Gasteiger partial charge in [0.25, 0.3) is 0 Å². The van der Waals surface area contributed by atoms with Crippen molar-refractivity contribution in [2.24, 2.45) is 5.41 Å². The number of carboxylic acids is 1. The summed E-state index contributed by atoms with van der Waals surface area (Å²) in [6, 6.07) is 0. The zero-order chi connectivity index (χ0) is 19.0. The van der Waals surface area contributed by atoms with Gasteiger partial charge in [0.1, 0.15) is 6.42 Å². The van der Waals surface area contributed by atoms with Gasteiger partial charge < -0.3 is 5.11 Å². The molecule has 0 spiro atoms. The van der Waals surface area contributed by atoms with E-state index in [1.165, 1.54) is 36.5 Å². The van der Waals surface area contributed by atoms with Crippen molar-refractivity contribution in [2.45, 2.75) is 60.3 Å². The molecular formula is C22H30O3. The molecule has 0 fully saturated rings. The fourth-order valence-electron chi connectivity index (χ4n) is 3.13. The fraction of sp³-hybridized carbons (Fsp3) is 0.455. The van der Waals surface area contributed by atoms with Crippen molar-refractivity contribution >= 4 is 11.8 Å². The molecule has 1 N–H and O–H groups in total. The predicted octanol–water partition coefficient (Wildman–Crippen LogP) is 5.56. The first kappa shape index (κ1) is 20.9. The minimum atomic E-state index is -1.10. The van der Waals surface area contributed by atoms with Crippen LogP contribution in [-0.4, -0.2) is 16.9 Å². The third-order valence-electron chi connectivity index (χ3n) is 4.49. The Bertz CT molecular complexity index is 667. The van der Waals surface area contributed by atoms with Crippen molar-refractivity contribution in [1.29, 1.82) is 0 Å². The first-order chi connectivity index (χ1) is 11.6. The molecule has 0 unspecified atom stereocenters. The topological polar surface area (TPSA) is 54.4 Å². The van der Waals surface area contributed by atoms with Crippen LogP contribution in [0.3, 0.4) is 0 Å². The molecule has 0 amide bonds. The van der Waals surface area contributed by atoms with Crippen LogP contribution in [0.15, 0.2) is 58.7 Å². The summed E-state index contributed by atoms with van der Waals surface area (Å²) < 4.78 is 0. The Morgan fingerprint density at radius 2 is 1.84 bits per heavy atom. The molecule has 3 heteroatoms. The third kappa shape index (κ3) is 7.51. The number of carboxylic acid groups (broad SMARTS) is 1. The molecule has 0 bridgehead atoms. The standard InChI is InChI=1S/C22H30O3/c1-16(8-6-9-17(2)14-19(23)15-21(24)25)11-12-20-18(3)10-7-13-22(20,4)5/h6,8-9,11-12,14H,7,10,13,15H2,1-5H3,(H,24,25)/b9-6-,12-11+,16-8+,17-14+. The maximum atomic E-state index is 11.4. The first-order valence-corrected chi connectivity index (χ1v) is 8.78. The van der Waals surface area contributed by atoms with E-state index in [9.17, 15) is 9.59 Å². The van der Waals surface area contributed by atoms with E-state index in [0.717, 1.165) is 11.1 Å². The van der Waals surface area contributed by atoms with Crippen LogP contribution in [0.25, 0.3) is 0 Å². The summed E-state index contributed by atoms with van der Waals surface area (Å²) in [5.74, 6) is -1.49. The largest absolute Gasteiger partial charge is 0.481 e. The van der Waals surface area contributed by atoms with E-state index in [-0.39, 0.29) is 5.41 Å². The lowest BCUT2D eigenvalue weighted by molar-refractivity contribution is -0.139. The highest BCUT2D eigenvalue weighted by Gasteiger charge is 2.26. The molecule has 0 aliphatic heterocycles. The normalized spacial score (nSPS) is 19.1. The number of ketones is 1. The maximum Gasteiger partial charge on any atom is 0.311 e. The zero-order valence-electron chi connectivity index (χ0n) is 16.1. The van der Waals surface area contributed by atoms with E-state index >= 15 is 0 Å². The molecule has 3 nitrogen and oxygen atoms in total. The van der Waals surface area contributed by atoms with Gasteiger partial charge in [0, 0.05) is 0 Å². The van der Waals surface area contributed by atoms with E-state index in [4.69, 9.17) is 5.11 Å². The minimum absolute atomic E-state index is 0.235. The highest BCUT2D eigenvalue weighted by Crippen LogP contribution is 2.40. The second-order valence-electron chi connectivity index (χ2n) is 7.46. The Morgan fingerprint density at radius 3 is 2.44 bits per heavy atom. The Labute approximate surface area is 151 Å². The van der Waals surface area contributed by atoms with Gasteiger partial charge in [-0.25, -0.2) is 0 Å². The van der Waals surface area contributed by atoms with Gasteiger partial charge in [-0.1, -0.05) is 55.4 Å². The van der Waals surface area contributed by atoms with Crippen molar-refractivity contribution in [3.8, 4) is 0 Å². The minimum Gasteiger partial charge on any atom is -0.481 e. The maximum absolute atomic E-state index is 11.4. The smallest absolute Gasteiger partial charge is 0.311 e. The van der Waals surface area contributed by atoms with Crippen LogP contribution in [0.4, 0.5) is 0 Å². The second kappa shape index (κ2) is 9.36. The van der Waals surface area contributed by atoms with E-state index in [0.29, 0.717) is 0 Å². The molecule has 1 aliphatic rings. The number of carbonyl (C=O) groups is 2. The van der Waals surface area contributed by atoms with Gasteiger partial charge in [-0.2, -0.15) is 0 Å². The molecule has 1 rings (SSSR count). The van der Waals surface area contributed by atoms with Crippen LogP contribution in [-0.2, 0) is 9.59 Å². The monoisotopic (exact) mass is 342 g/mol. The summed E-state index contributed by atoms with van der Waals surface area (Å²) in [5.41, 5.74) is 5.02.